The number of aryl methyl sites for hydroxylation is 2. The highest BCUT2D eigenvalue weighted by Gasteiger charge is 2.22. The molecule has 0 saturated carbocycles. The average molecular weight is 449 g/mol. The Morgan fingerprint density at radius 3 is 2.45 bits per heavy atom. The minimum Gasteiger partial charge on any atom is -0.325 e. The van der Waals surface area contributed by atoms with Crippen LogP contribution in [0.4, 0.5) is 5.69 Å². The molecule has 4 aromatic rings. The first kappa shape index (κ1) is 21.3. The van der Waals surface area contributed by atoms with E-state index in [-0.39, 0.29) is 11.2 Å². The largest absolute Gasteiger partial charge is 0.325 e. The molecule has 7 heteroatoms. The van der Waals surface area contributed by atoms with Gasteiger partial charge in [0.05, 0.1) is 16.7 Å². The topological polar surface area (TPSA) is 59.8 Å². The van der Waals surface area contributed by atoms with Crippen molar-refractivity contribution in [2.24, 2.45) is 0 Å². The minimum atomic E-state index is -0.325. The number of rotatable bonds is 7. The van der Waals surface area contributed by atoms with Crippen molar-refractivity contribution in [1.29, 1.82) is 0 Å². The molecule has 0 spiro atoms. The Labute approximate surface area is 190 Å². The lowest BCUT2D eigenvalue weighted by molar-refractivity contribution is -0.115. The van der Waals surface area contributed by atoms with Crippen molar-refractivity contribution >= 4 is 34.7 Å². The van der Waals surface area contributed by atoms with E-state index in [0.717, 1.165) is 38.2 Å². The number of thioether (sulfide) groups is 1. The lowest BCUT2D eigenvalue weighted by atomic mass is 10.1. The molecule has 1 amide bonds. The van der Waals surface area contributed by atoms with Gasteiger partial charge in [-0.15, -0.1) is 21.5 Å². The monoisotopic (exact) mass is 448 g/mol. The molecule has 0 radical (unpaired) electrons. The summed E-state index contributed by atoms with van der Waals surface area (Å²) < 4.78 is 2.09. The number of thiophene rings is 1. The van der Waals surface area contributed by atoms with E-state index in [0.29, 0.717) is 6.54 Å². The molecule has 1 N–H and O–H groups in total. The fraction of sp³-hybridized carbons (Fsp3) is 0.208. The number of carbonyl (C=O) groups excluding carboxylic acids is 1. The zero-order valence-corrected chi connectivity index (χ0v) is 19.3. The number of hydrogen-bond acceptors (Lipinski definition) is 5. The van der Waals surface area contributed by atoms with Gasteiger partial charge >= 0.3 is 0 Å². The fourth-order valence-corrected chi connectivity index (χ4v) is 4.89. The van der Waals surface area contributed by atoms with Crippen LogP contribution in [0, 0.1) is 13.8 Å². The molecule has 0 bridgehead atoms. The Bertz CT molecular complexity index is 1150. The second kappa shape index (κ2) is 9.49. The Balaban J connectivity index is 1.58. The lowest BCUT2D eigenvalue weighted by Gasteiger charge is -2.16. The fourth-order valence-electron chi connectivity index (χ4n) is 3.32. The third kappa shape index (κ3) is 4.89. The van der Waals surface area contributed by atoms with E-state index < -0.39 is 0 Å². The molecule has 1 atom stereocenters. The van der Waals surface area contributed by atoms with Gasteiger partial charge < -0.3 is 5.32 Å². The van der Waals surface area contributed by atoms with Crippen LogP contribution < -0.4 is 5.32 Å². The van der Waals surface area contributed by atoms with Crippen LogP contribution in [-0.4, -0.2) is 25.9 Å². The van der Waals surface area contributed by atoms with E-state index in [4.69, 9.17) is 0 Å². The van der Waals surface area contributed by atoms with Gasteiger partial charge in [-0.3, -0.25) is 9.36 Å². The molecular weight excluding hydrogens is 424 g/mol. The molecular formula is C24H24N4OS2. The van der Waals surface area contributed by atoms with Crippen LogP contribution in [0.2, 0.25) is 0 Å². The number of hydrogen-bond donors (Lipinski definition) is 1. The summed E-state index contributed by atoms with van der Waals surface area (Å²) in [6.07, 6.45) is 0. The Hall–Kier alpha value is -2.90. The van der Waals surface area contributed by atoms with Gasteiger partial charge in [-0.25, -0.2) is 0 Å². The maximum absolute atomic E-state index is 12.9. The van der Waals surface area contributed by atoms with Gasteiger partial charge in [0.25, 0.3) is 0 Å². The van der Waals surface area contributed by atoms with Crippen molar-refractivity contribution in [2.75, 3.05) is 5.32 Å². The lowest BCUT2D eigenvalue weighted by Crippen LogP contribution is -2.24. The molecule has 2 aromatic heterocycles. The molecule has 2 heterocycles. The van der Waals surface area contributed by atoms with Crippen LogP contribution in [0.25, 0.3) is 10.7 Å². The summed E-state index contributed by atoms with van der Waals surface area (Å²) in [6.45, 7) is 6.56. The number of amides is 1. The van der Waals surface area contributed by atoms with Crippen molar-refractivity contribution in [3.05, 3.63) is 82.7 Å². The van der Waals surface area contributed by atoms with Crippen molar-refractivity contribution in [2.45, 2.75) is 37.7 Å². The van der Waals surface area contributed by atoms with Gasteiger partial charge in [-0.2, -0.15) is 0 Å². The predicted octanol–water partition coefficient (Wildman–Crippen LogP) is 5.79. The number of nitrogens with one attached hydrogen (secondary N) is 1. The van der Waals surface area contributed by atoms with E-state index >= 15 is 0 Å². The van der Waals surface area contributed by atoms with Crippen molar-refractivity contribution in [3.63, 3.8) is 0 Å². The van der Waals surface area contributed by atoms with E-state index in [2.05, 4.69) is 32.2 Å². The molecule has 31 heavy (non-hydrogen) atoms. The van der Waals surface area contributed by atoms with Gasteiger partial charge in [0, 0.05) is 5.69 Å². The van der Waals surface area contributed by atoms with Crippen molar-refractivity contribution in [3.8, 4) is 10.7 Å². The van der Waals surface area contributed by atoms with Crippen LogP contribution in [0.15, 0.2) is 71.2 Å². The van der Waals surface area contributed by atoms with Gasteiger partial charge in [0.15, 0.2) is 11.0 Å². The molecule has 158 valence electrons. The SMILES string of the molecule is Cc1cccc(C)c1NC(=O)C(C)Sc1nnc(-c2cccs2)n1Cc1ccccc1. The Kier molecular flexibility index (Phi) is 6.53. The highest BCUT2D eigenvalue weighted by molar-refractivity contribution is 8.00. The molecule has 0 saturated heterocycles. The number of aromatic nitrogens is 3. The summed E-state index contributed by atoms with van der Waals surface area (Å²) in [7, 11) is 0. The van der Waals surface area contributed by atoms with Gasteiger partial charge in [0.2, 0.25) is 5.91 Å². The molecule has 0 aliphatic carbocycles. The summed E-state index contributed by atoms with van der Waals surface area (Å²) in [5.74, 6) is 0.776. The summed E-state index contributed by atoms with van der Waals surface area (Å²) in [5.41, 5.74) is 4.15. The molecule has 0 aliphatic heterocycles. The Morgan fingerprint density at radius 2 is 1.77 bits per heavy atom. The van der Waals surface area contributed by atoms with E-state index in [1.165, 1.54) is 11.8 Å². The number of benzene rings is 2. The van der Waals surface area contributed by atoms with Crippen LogP contribution in [0.3, 0.4) is 0 Å². The summed E-state index contributed by atoms with van der Waals surface area (Å²) in [6, 6.07) is 20.3. The zero-order chi connectivity index (χ0) is 21.8. The normalized spacial score (nSPS) is 12.0. The highest BCUT2D eigenvalue weighted by atomic mass is 32.2. The first-order valence-electron chi connectivity index (χ1n) is 10.1. The van der Waals surface area contributed by atoms with E-state index in [9.17, 15) is 4.79 Å². The van der Waals surface area contributed by atoms with Crippen LogP contribution in [-0.2, 0) is 11.3 Å². The van der Waals surface area contributed by atoms with Crippen LogP contribution >= 0.6 is 23.1 Å². The number of para-hydroxylation sites is 1. The first-order chi connectivity index (χ1) is 15.0. The molecule has 4 rings (SSSR count). The third-order valence-corrected chi connectivity index (χ3v) is 6.97. The van der Waals surface area contributed by atoms with Crippen LogP contribution in [0.1, 0.15) is 23.6 Å². The number of anilines is 1. The second-order valence-corrected chi connectivity index (χ2v) is 9.63. The van der Waals surface area contributed by atoms with Crippen LogP contribution in [0.5, 0.6) is 0 Å². The third-order valence-electron chi connectivity index (χ3n) is 5.02. The van der Waals surface area contributed by atoms with E-state index in [1.54, 1.807) is 11.3 Å². The average Bonchev–Trinajstić information content (AvgIpc) is 3.42. The van der Waals surface area contributed by atoms with Gasteiger partial charge in [-0.1, -0.05) is 66.4 Å². The van der Waals surface area contributed by atoms with Gasteiger partial charge in [-0.05, 0) is 48.9 Å². The highest BCUT2D eigenvalue weighted by Crippen LogP contribution is 2.30. The Morgan fingerprint density at radius 1 is 1.03 bits per heavy atom. The zero-order valence-electron chi connectivity index (χ0n) is 17.7. The van der Waals surface area contributed by atoms with Crippen molar-refractivity contribution < 1.29 is 4.79 Å². The quantitative estimate of drug-likeness (QED) is 0.364. The van der Waals surface area contributed by atoms with Crippen molar-refractivity contribution in [1.82, 2.24) is 14.8 Å². The molecule has 5 nitrogen and oxygen atoms in total. The minimum absolute atomic E-state index is 0.0469. The smallest absolute Gasteiger partial charge is 0.237 e. The second-order valence-electron chi connectivity index (χ2n) is 7.37. The summed E-state index contributed by atoms with van der Waals surface area (Å²) in [5, 5.41) is 14.4. The van der Waals surface area contributed by atoms with Gasteiger partial charge in [0.1, 0.15) is 0 Å². The number of carbonyl (C=O) groups is 1. The molecule has 2 aromatic carbocycles. The maximum atomic E-state index is 12.9. The molecule has 1 unspecified atom stereocenters. The molecule has 0 fully saturated rings. The predicted molar refractivity (Wildman–Crippen MR) is 129 cm³/mol. The summed E-state index contributed by atoms with van der Waals surface area (Å²) >= 11 is 3.06. The maximum Gasteiger partial charge on any atom is 0.237 e. The standard InChI is InChI=1S/C24H24N4OS2/c1-16-9-7-10-17(2)21(16)25-23(29)18(3)31-24-27-26-22(20-13-8-14-30-20)28(24)15-19-11-5-4-6-12-19/h4-14,18H,15H2,1-3H3,(H,25,29). The first-order valence-corrected chi connectivity index (χ1v) is 11.8. The number of nitrogens with zero attached hydrogens (tertiary/aromatic N) is 3. The summed E-state index contributed by atoms with van der Waals surface area (Å²) in [4.78, 5) is 14.0. The molecule has 0 aliphatic rings. The van der Waals surface area contributed by atoms with E-state index in [1.807, 2.05) is 74.7 Å².